The third kappa shape index (κ3) is 5.41. The van der Waals surface area contributed by atoms with Crippen LogP contribution in [0.15, 0.2) is 78.9 Å². The number of rotatable bonds is 5. The van der Waals surface area contributed by atoms with E-state index in [0.29, 0.717) is 13.1 Å². The molecule has 5 rings (SSSR count). The van der Waals surface area contributed by atoms with Gasteiger partial charge in [-0.3, -0.25) is 4.90 Å². The van der Waals surface area contributed by atoms with Crippen LogP contribution in [-0.4, -0.2) is 36.3 Å². The van der Waals surface area contributed by atoms with Crippen LogP contribution in [0, 0.1) is 17.6 Å². The predicted octanol–water partition coefficient (Wildman–Crippen LogP) is 5.52. The van der Waals surface area contributed by atoms with Gasteiger partial charge in [0.2, 0.25) is 0 Å². The number of halogens is 2. The SMILES string of the molecule is C1CCOC1.OC(c1cc(F)ccc1F)C1CN(C(c2ccccc2)c2ccccc2)C1. The number of benzene rings is 3. The molecule has 2 aliphatic rings. The van der Waals surface area contributed by atoms with Gasteiger partial charge in [0, 0.05) is 37.8 Å². The fraction of sp³-hybridized carbons (Fsp3) is 0.333. The summed E-state index contributed by atoms with van der Waals surface area (Å²) in [6.45, 7) is 3.23. The lowest BCUT2D eigenvalue weighted by molar-refractivity contribution is -0.0222. The molecule has 0 saturated carbocycles. The Kier molecular flexibility index (Phi) is 7.63. The highest BCUT2D eigenvalue weighted by Crippen LogP contribution is 2.39. The molecule has 3 nitrogen and oxygen atoms in total. The van der Waals surface area contributed by atoms with E-state index in [2.05, 4.69) is 29.2 Å². The smallest absolute Gasteiger partial charge is 0.129 e. The first-order chi connectivity index (χ1) is 15.6. The van der Waals surface area contributed by atoms with Gasteiger partial charge in [-0.25, -0.2) is 8.78 Å². The Morgan fingerprint density at radius 1 is 0.812 bits per heavy atom. The van der Waals surface area contributed by atoms with Gasteiger partial charge in [-0.05, 0) is 42.2 Å². The molecular weight excluding hydrogens is 408 g/mol. The first-order valence-corrected chi connectivity index (χ1v) is 11.2. The van der Waals surface area contributed by atoms with Gasteiger partial charge in [-0.15, -0.1) is 0 Å². The number of hydrogen-bond donors (Lipinski definition) is 1. The van der Waals surface area contributed by atoms with Crippen LogP contribution >= 0.6 is 0 Å². The summed E-state index contributed by atoms with van der Waals surface area (Å²) in [5.41, 5.74) is 2.39. The molecule has 0 bridgehead atoms. The minimum absolute atomic E-state index is 0.0376. The molecule has 168 valence electrons. The third-order valence-corrected chi connectivity index (χ3v) is 6.08. The highest BCUT2D eigenvalue weighted by molar-refractivity contribution is 5.33. The van der Waals surface area contributed by atoms with Crippen molar-refractivity contribution in [2.45, 2.75) is 25.0 Å². The summed E-state index contributed by atoms with van der Waals surface area (Å²) in [4.78, 5) is 2.26. The summed E-state index contributed by atoms with van der Waals surface area (Å²) < 4.78 is 32.4. The van der Waals surface area contributed by atoms with E-state index >= 15 is 0 Å². The predicted molar refractivity (Wildman–Crippen MR) is 121 cm³/mol. The van der Waals surface area contributed by atoms with Crippen molar-refractivity contribution in [2.75, 3.05) is 26.3 Å². The lowest BCUT2D eigenvalue weighted by Crippen LogP contribution is -2.51. The van der Waals surface area contributed by atoms with Gasteiger partial charge in [0.1, 0.15) is 11.6 Å². The van der Waals surface area contributed by atoms with Gasteiger partial charge >= 0.3 is 0 Å². The van der Waals surface area contributed by atoms with E-state index in [9.17, 15) is 13.9 Å². The molecule has 1 atom stereocenters. The summed E-state index contributed by atoms with van der Waals surface area (Å²) >= 11 is 0. The zero-order valence-corrected chi connectivity index (χ0v) is 18.0. The van der Waals surface area contributed by atoms with E-state index in [1.807, 2.05) is 36.4 Å². The van der Waals surface area contributed by atoms with E-state index in [-0.39, 0.29) is 17.5 Å². The minimum Gasteiger partial charge on any atom is -0.388 e. The summed E-state index contributed by atoms with van der Waals surface area (Å²) in [7, 11) is 0. The van der Waals surface area contributed by atoms with Crippen LogP contribution in [0.2, 0.25) is 0 Å². The quantitative estimate of drug-likeness (QED) is 0.571. The summed E-state index contributed by atoms with van der Waals surface area (Å²) in [6.07, 6.45) is 1.55. The molecule has 0 amide bonds. The fourth-order valence-corrected chi connectivity index (χ4v) is 4.35. The normalized spacial score (nSPS) is 17.5. The number of aliphatic hydroxyl groups excluding tert-OH is 1. The zero-order valence-electron chi connectivity index (χ0n) is 18.0. The van der Waals surface area contributed by atoms with Gasteiger partial charge < -0.3 is 9.84 Å². The molecule has 0 aliphatic carbocycles. The molecule has 3 aromatic carbocycles. The first kappa shape index (κ1) is 22.6. The molecule has 1 unspecified atom stereocenters. The number of hydrogen-bond acceptors (Lipinski definition) is 3. The van der Waals surface area contributed by atoms with Crippen molar-refractivity contribution in [3.8, 4) is 0 Å². The van der Waals surface area contributed by atoms with Gasteiger partial charge in [0.25, 0.3) is 0 Å². The molecular formula is C27H29F2NO2. The lowest BCUT2D eigenvalue weighted by atomic mass is 9.85. The average Bonchev–Trinajstić information content (AvgIpc) is 3.39. The van der Waals surface area contributed by atoms with Gasteiger partial charge in [0.05, 0.1) is 12.1 Å². The van der Waals surface area contributed by atoms with Crippen LogP contribution in [0.4, 0.5) is 8.78 Å². The Morgan fingerprint density at radius 2 is 1.38 bits per heavy atom. The number of ether oxygens (including phenoxy) is 1. The Bertz CT molecular complexity index is 926. The Morgan fingerprint density at radius 3 is 1.88 bits per heavy atom. The second-order valence-electron chi connectivity index (χ2n) is 8.37. The summed E-state index contributed by atoms with van der Waals surface area (Å²) in [5.74, 6) is -1.23. The van der Waals surface area contributed by atoms with Gasteiger partial charge in [0.15, 0.2) is 0 Å². The molecule has 5 heteroatoms. The van der Waals surface area contributed by atoms with E-state index < -0.39 is 17.7 Å². The van der Waals surface area contributed by atoms with E-state index in [0.717, 1.165) is 31.4 Å². The molecule has 2 heterocycles. The van der Waals surface area contributed by atoms with Crippen LogP contribution in [0.3, 0.4) is 0 Å². The van der Waals surface area contributed by atoms with Crippen molar-refractivity contribution in [2.24, 2.45) is 5.92 Å². The van der Waals surface area contributed by atoms with Crippen molar-refractivity contribution in [1.82, 2.24) is 4.90 Å². The molecule has 2 saturated heterocycles. The summed E-state index contributed by atoms with van der Waals surface area (Å²) in [6, 6.07) is 23.7. The van der Waals surface area contributed by atoms with Crippen molar-refractivity contribution in [3.05, 3.63) is 107 Å². The number of likely N-dealkylation sites (tertiary alicyclic amines) is 1. The van der Waals surface area contributed by atoms with E-state index in [1.165, 1.54) is 24.0 Å². The van der Waals surface area contributed by atoms with Crippen LogP contribution in [0.25, 0.3) is 0 Å². The van der Waals surface area contributed by atoms with E-state index in [4.69, 9.17) is 4.74 Å². The zero-order chi connectivity index (χ0) is 22.3. The number of aliphatic hydroxyl groups is 1. The van der Waals surface area contributed by atoms with Crippen molar-refractivity contribution in [3.63, 3.8) is 0 Å². The molecule has 32 heavy (non-hydrogen) atoms. The highest BCUT2D eigenvalue weighted by Gasteiger charge is 2.39. The third-order valence-electron chi connectivity index (χ3n) is 6.08. The minimum atomic E-state index is -1.01. The first-order valence-electron chi connectivity index (χ1n) is 11.2. The van der Waals surface area contributed by atoms with Gasteiger partial charge in [-0.2, -0.15) is 0 Å². The number of nitrogens with zero attached hydrogens (tertiary/aromatic N) is 1. The summed E-state index contributed by atoms with van der Waals surface area (Å²) in [5, 5.41) is 10.6. The molecule has 0 aromatic heterocycles. The topological polar surface area (TPSA) is 32.7 Å². The van der Waals surface area contributed by atoms with Crippen LogP contribution in [0.5, 0.6) is 0 Å². The lowest BCUT2D eigenvalue weighted by Gasteiger charge is -2.46. The molecule has 1 N–H and O–H groups in total. The maximum Gasteiger partial charge on any atom is 0.129 e. The van der Waals surface area contributed by atoms with Crippen molar-refractivity contribution >= 4 is 0 Å². The average molecular weight is 438 g/mol. The molecule has 2 aliphatic heterocycles. The largest absolute Gasteiger partial charge is 0.388 e. The monoisotopic (exact) mass is 437 g/mol. The van der Waals surface area contributed by atoms with E-state index in [1.54, 1.807) is 0 Å². The van der Waals surface area contributed by atoms with Gasteiger partial charge in [-0.1, -0.05) is 60.7 Å². The molecule has 3 aromatic rings. The fourth-order valence-electron chi connectivity index (χ4n) is 4.35. The van der Waals surface area contributed by atoms with Crippen LogP contribution < -0.4 is 0 Å². The van der Waals surface area contributed by atoms with Crippen LogP contribution in [0.1, 0.15) is 41.7 Å². The van der Waals surface area contributed by atoms with Crippen molar-refractivity contribution in [1.29, 1.82) is 0 Å². The Hall–Kier alpha value is -2.60. The second kappa shape index (κ2) is 10.8. The molecule has 0 spiro atoms. The van der Waals surface area contributed by atoms with Crippen LogP contribution in [-0.2, 0) is 4.74 Å². The van der Waals surface area contributed by atoms with Crippen molar-refractivity contribution < 1.29 is 18.6 Å². The molecule has 0 radical (unpaired) electrons. The second-order valence-corrected chi connectivity index (χ2v) is 8.37. The standard InChI is InChI=1S/C23H21F2NO.C4H8O/c24-19-11-12-21(25)20(13-19)23(27)18-14-26(15-18)22(16-7-3-1-4-8-16)17-9-5-2-6-10-17;1-2-4-5-3-1/h1-13,18,22-23,27H,14-15H2;1-4H2. The highest BCUT2D eigenvalue weighted by atomic mass is 19.1. The maximum atomic E-state index is 14.0. The molecule has 2 fully saturated rings. The Labute approximate surface area is 188 Å². The maximum absolute atomic E-state index is 14.0. The Balaban J connectivity index is 0.000000433.